The molecule has 0 aromatic heterocycles. The average Bonchev–Trinajstić information content (AvgIpc) is 1.58. The Morgan fingerprint density at radius 3 is 1.43 bits per heavy atom. The van der Waals surface area contributed by atoms with E-state index in [1.165, 1.54) is 9.80 Å². The lowest BCUT2D eigenvalue weighted by Gasteiger charge is -2.43. The van der Waals surface area contributed by atoms with Crippen molar-refractivity contribution >= 4 is 92.4 Å². The zero-order valence-electron chi connectivity index (χ0n) is 67.0. The molecule has 21 nitrogen and oxygen atoms in total. The zero-order chi connectivity index (χ0) is 75.2. The summed E-state index contributed by atoms with van der Waals surface area (Å²) in [6.07, 6.45) is -4.10. The molecule has 5 rings (SSSR count). The van der Waals surface area contributed by atoms with Crippen LogP contribution in [0.3, 0.4) is 0 Å². The normalized spacial score (nSPS) is 26.1. The quantitative estimate of drug-likeness (QED) is 0.0557. The van der Waals surface area contributed by atoms with E-state index < -0.39 is 164 Å². The van der Waals surface area contributed by atoms with E-state index in [9.17, 15) is 0 Å². The van der Waals surface area contributed by atoms with Gasteiger partial charge in [-0.25, -0.2) is 5.43 Å². The molecule has 28 heteroatoms. The number of fused-ring (bicyclic) bond motifs is 2. The lowest BCUT2D eigenvalue weighted by Crippen LogP contribution is -2.66. The highest BCUT2D eigenvalue weighted by Crippen LogP contribution is 2.45. The monoisotopic (exact) mass is 1470 g/mol. The van der Waals surface area contributed by atoms with E-state index in [1.54, 1.807) is 13.8 Å². The molecule has 0 bridgehead atoms. The predicted molar refractivity (Wildman–Crippen MR) is 410 cm³/mol. The minimum Gasteiger partial charge on any atom is -0.544 e. The average molecular weight is 1480 g/mol. The van der Waals surface area contributed by atoms with Crippen LogP contribution in [-0.4, -0.2) is 195 Å². The van der Waals surface area contributed by atoms with Crippen molar-refractivity contribution in [3.05, 3.63) is 29.8 Å². The molecule has 12 atom stereocenters. The second kappa shape index (κ2) is 30.9. The summed E-state index contributed by atoms with van der Waals surface area (Å²) in [6.45, 7) is 69.9. The van der Waals surface area contributed by atoms with E-state index in [0.29, 0.717) is 12.3 Å². The Morgan fingerprint density at radius 2 is 0.969 bits per heavy atom. The van der Waals surface area contributed by atoms with Gasteiger partial charge in [-0.05, 0) is 153 Å². The van der Waals surface area contributed by atoms with Gasteiger partial charge in [-0.1, -0.05) is 144 Å². The van der Waals surface area contributed by atoms with Gasteiger partial charge < -0.3 is 62.2 Å². The van der Waals surface area contributed by atoms with Crippen LogP contribution in [0.2, 0.25) is 109 Å². The fraction of sp³-hybridized carbons (Fsp3) is 0.829. The number of hydrogen-bond donors (Lipinski definition) is 6. The molecule has 3 unspecified atom stereocenters. The van der Waals surface area contributed by atoms with E-state index in [1.807, 2.05) is 31.2 Å². The van der Waals surface area contributed by atoms with Crippen molar-refractivity contribution < 1.29 is 60.0 Å². The number of carbonyl (C=O) groups excluding carboxylic acids is 6. The summed E-state index contributed by atoms with van der Waals surface area (Å²) in [5, 5.41) is 11.3. The van der Waals surface area contributed by atoms with Crippen LogP contribution in [0.5, 0.6) is 5.75 Å². The maximum absolute atomic E-state index is 16.7. The largest absolute Gasteiger partial charge is 0.544 e. The predicted octanol–water partition coefficient (Wildman–Crippen LogP) is 11.5. The Bertz CT molecular complexity index is 2950. The standard InChI is InChI=1S/C70H135BN8O13Si6/c1-45-42-79-57(58(45)92-98(32,33)70(19,20)21)62(83)77-72-39-38-51(76-71-44-86-71)59(80)73-54(46(2)87-93(22,23)65(4,5)6)63(84)78-43-50(90-96(28,29)68(13,14)15)41-52(78)60(81)75-56(61(82)74-55(64(79)85)47(3)88-94(24,25)66(7,8)9)53(91-97(30,31)69(16,17)18)40-48-34-36-49(37-35-48)89-95(26,27)67(10,11)12/h34-37,45-47,50-58,72,76H,38-44H2,1-33H3,(H,73,80)(H,74,82)(H,75,81)(H,77,83)/t45-,46?,47?,50+,51?,52-,53+,54-,55-,56-,57-,58-/m0/s1. The molecule has 0 saturated carbocycles. The molecule has 0 radical (unpaired) electrons. The molecule has 4 fully saturated rings. The third-order valence-corrected chi connectivity index (χ3v) is 50.8. The maximum Gasteiger partial charge on any atom is 0.405 e. The number of amides is 6. The number of hydrazine groups is 1. The van der Waals surface area contributed by atoms with Gasteiger partial charge in [0.15, 0.2) is 41.6 Å². The topological polar surface area (TPSA) is 249 Å². The molecule has 1 aromatic carbocycles. The van der Waals surface area contributed by atoms with Crippen LogP contribution in [0.1, 0.15) is 164 Å². The number of carbonyl (C=O) groups is 6. The molecule has 6 amide bonds. The first kappa shape index (κ1) is 85.5. The summed E-state index contributed by atoms with van der Waals surface area (Å²) in [5.74, 6) is -3.25. The highest BCUT2D eigenvalue weighted by molar-refractivity contribution is 6.76. The maximum atomic E-state index is 16.7. The van der Waals surface area contributed by atoms with Crippen molar-refractivity contribution in [3.63, 3.8) is 0 Å². The highest BCUT2D eigenvalue weighted by Gasteiger charge is 2.56. The number of benzene rings is 1. The van der Waals surface area contributed by atoms with Crippen molar-refractivity contribution in [1.29, 1.82) is 0 Å². The SMILES string of the molecule is CC(O[Si](C)(C)C(C)(C)C)[C@@H]1NC(=O)[C@H]([C@@H](Cc2ccc(O[Si](C)(C)C(C)(C)C)cc2)O[Si](C)(C)C(C)(C)C)NC(=O)[C@@H]2C[C@@H](O[Si](C)(C)C(C)(C)C)CN2C(=O)[C@H](C(C)O[Si](C)(C)C(C)(C)C)NC(=O)C(NB2CO2)CCNNC(=O)[C@@H]2[C@@H](O[Si](C)(C)C(C)(C)C)[C@@H](C)CN2C1=O. The smallest absolute Gasteiger partial charge is 0.405 e. The lowest BCUT2D eigenvalue weighted by atomic mass is 9.93. The minimum absolute atomic E-state index is 0.0116. The lowest BCUT2D eigenvalue weighted by molar-refractivity contribution is -0.146. The molecule has 4 heterocycles. The molecule has 560 valence electrons. The van der Waals surface area contributed by atoms with Gasteiger partial charge in [0.05, 0.1) is 43.1 Å². The van der Waals surface area contributed by atoms with Crippen LogP contribution in [0.4, 0.5) is 0 Å². The van der Waals surface area contributed by atoms with Gasteiger partial charge in [-0.15, -0.1) is 0 Å². The van der Waals surface area contributed by atoms with E-state index in [4.69, 9.17) is 31.2 Å². The van der Waals surface area contributed by atoms with E-state index >= 15 is 28.8 Å². The van der Waals surface area contributed by atoms with Crippen LogP contribution < -0.4 is 36.5 Å². The molecule has 98 heavy (non-hydrogen) atoms. The Hall–Kier alpha value is -3.11. The second-order valence-electron chi connectivity index (χ2n) is 38.0. The van der Waals surface area contributed by atoms with E-state index in [2.05, 4.69) is 235 Å². The van der Waals surface area contributed by atoms with Gasteiger partial charge in [0.1, 0.15) is 36.0 Å². The fourth-order valence-corrected chi connectivity index (χ4v) is 19.0. The van der Waals surface area contributed by atoms with Gasteiger partial charge in [-0.2, -0.15) is 0 Å². The van der Waals surface area contributed by atoms with Crippen LogP contribution in [0.25, 0.3) is 0 Å². The van der Waals surface area contributed by atoms with Crippen molar-refractivity contribution in [2.24, 2.45) is 5.92 Å². The summed E-state index contributed by atoms with van der Waals surface area (Å²) in [7, 11) is -16.4. The van der Waals surface area contributed by atoms with Gasteiger partial charge in [0.2, 0.25) is 37.9 Å². The number of nitrogens with zero attached hydrogens (tertiary/aromatic N) is 2. The van der Waals surface area contributed by atoms with Crippen molar-refractivity contribution in [2.45, 2.75) is 340 Å². The molecule has 0 spiro atoms. The van der Waals surface area contributed by atoms with Crippen LogP contribution in [0.15, 0.2) is 24.3 Å². The summed E-state index contributed by atoms with van der Waals surface area (Å²) < 4.78 is 48.6. The minimum atomic E-state index is -2.94. The number of hydrogen-bond acceptors (Lipinski definition) is 15. The van der Waals surface area contributed by atoms with Crippen LogP contribution in [-0.2, 0) is 62.0 Å². The van der Waals surface area contributed by atoms with Gasteiger partial charge in [0.25, 0.3) is 5.91 Å². The molecule has 6 N–H and O–H groups in total. The first-order chi connectivity index (χ1) is 44.1. The Balaban J connectivity index is 1.88. The summed E-state index contributed by atoms with van der Waals surface area (Å²) >= 11 is 0. The molecule has 4 aliphatic heterocycles. The van der Waals surface area contributed by atoms with Crippen molar-refractivity contribution in [1.82, 2.24) is 41.8 Å². The Labute approximate surface area is 598 Å². The van der Waals surface area contributed by atoms with Gasteiger partial charge in [0, 0.05) is 32.0 Å². The third kappa shape index (κ3) is 21.1. The van der Waals surface area contributed by atoms with Crippen molar-refractivity contribution in [3.8, 4) is 5.75 Å². The first-order valence-electron chi connectivity index (χ1n) is 36.2. The fourth-order valence-electron chi connectivity index (χ4n) is 11.1. The van der Waals surface area contributed by atoms with Gasteiger partial charge in [-0.3, -0.25) is 34.2 Å². The molecule has 0 aliphatic carbocycles. The summed E-state index contributed by atoms with van der Waals surface area (Å²) in [5.41, 5.74) is 6.82. The zero-order valence-corrected chi connectivity index (χ0v) is 73.0. The molecular weight excluding hydrogens is 1340 g/mol. The summed E-state index contributed by atoms with van der Waals surface area (Å²) in [6, 6.07) is 0.107. The molecule has 1 aromatic rings. The van der Waals surface area contributed by atoms with E-state index in [-0.39, 0.29) is 70.0 Å². The van der Waals surface area contributed by atoms with Crippen molar-refractivity contribution in [2.75, 3.05) is 26.1 Å². The highest BCUT2D eigenvalue weighted by atomic mass is 28.4. The van der Waals surface area contributed by atoms with Gasteiger partial charge >= 0.3 is 7.05 Å². The second-order valence-corrected chi connectivity index (χ2v) is 66.5. The number of nitrogens with one attached hydrogen (secondary N) is 6. The third-order valence-electron chi connectivity index (χ3n) is 23.8. The molecule has 4 saturated heterocycles. The molecular formula is C70H135BN8O13Si6. The first-order valence-corrected chi connectivity index (χ1v) is 53.6. The van der Waals surface area contributed by atoms with Crippen LogP contribution >= 0.6 is 0 Å². The Kier molecular flexibility index (Phi) is 27.0. The summed E-state index contributed by atoms with van der Waals surface area (Å²) in [4.78, 5) is 99.4. The Morgan fingerprint density at radius 1 is 0.541 bits per heavy atom. The number of rotatable bonds is 19. The van der Waals surface area contributed by atoms with E-state index in [0.717, 1.165) is 5.56 Å². The van der Waals surface area contributed by atoms with Crippen LogP contribution in [0, 0.1) is 5.92 Å². The molecule has 4 aliphatic rings.